The van der Waals surface area contributed by atoms with Crippen LogP contribution in [-0.4, -0.2) is 10.8 Å². The fourth-order valence-corrected chi connectivity index (χ4v) is 2.37. The molecule has 1 aromatic carbocycles. The lowest BCUT2D eigenvalue weighted by atomic mass is 10.1. The number of amidine groups is 1. The molecular formula is C15H15N3O. The summed E-state index contributed by atoms with van der Waals surface area (Å²) in [4.78, 5) is 4.01. The lowest BCUT2D eigenvalue weighted by molar-refractivity contribution is 0.481. The lowest BCUT2D eigenvalue weighted by Crippen LogP contribution is -2.12. The normalized spacial score (nSPS) is 13.1. The predicted octanol–water partition coefficient (Wildman–Crippen LogP) is 2.65. The van der Waals surface area contributed by atoms with E-state index >= 15 is 0 Å². The molecule has 0 fully saturated rings. The molecule has 0 saturated heterocycles. The first kappa shape index (κ1) is 11.7. The number of aromatic nitrogens is 1. The van der Waals surface area contributed by atoms with Crippen LogP contribution in [0.3, 0.4) is 0 Å². The number of nitrogens with two attached hydrogens (primary N) is 1. The molecule has 1 aliphatic carbocycles. The van der Waals surface area contributed by atoms with Crippen LogP contribution >= 0.6 is 0 Å². The highest BCUT2D eigenvalue weighted by atomic mass is 16.5. The van der Waals surface area contributed by atoms with Gasteiger partial charge >= 0.3 is 0 Å². The van der Waals surface area contributed by atoms with Crippen LogP contribution in [0.2, 0.25) is 0 Å². The Hall–Kier alpha value is -2.36. The topological polar surface area (TPSA) is 72.0 Å². The highest BCUT2D eigenvalue weighted by Crippen LogP contribution is 2.28. The number of nitrogens with zero attached hydrogens (tertiary/aromatic N) is 1. The maximum Gasteiger partial charge on any atom is 0.141 e. The van der Waals surface area contributed by atoms with E-state index in [0.29, 0.717) is 11.4 Å². The van der Waals surface area contributed by atoms with Gasteiger partial charge in [-0.05, 0) is 48.6 Å². The molecule has 1 heterocycles. The molecule has 3 rings (SSSR count). The molecule has 4 nitrogen and oxygen atoms in total. The van der Waals surface area contributed by atoms with Gasteiger partial charge in [0.25, 0.3) is 0 Å². The highest BCUT2D eigenvalue weighted by molar-refractivity contribution is 5.93. The maximum absolute atomic E-state index is 7.37. The number of nitrogen functional groups attached to an aromatic ring is 1. The van der Waals surface area contributed by atoms with Crippen molar-refractivity contribution in [2.45, 2.75) is 19.3 Å². The molecule has 1 aliphatic rings. The third-order valence-corrected chi connectivity index (χ3v) is 3.31. The molecule has 0 amide bonds. The Bertz CT molecular complexity index is 637. The first-order valence-electron chi connectivity index (χ1n) is 6.32. The average Bonchev–Trinajstić information content (AvgIpc) is 2.86. The van der Waals surface area contributed by atoms with E-state index in [1.165, 1.54) is 24.0 Å². The van der Waals surface area contributed by atoms with Crippen LogP contribution in [0.25, 0.3) is 0 Å². The molecule has 2 aromatic rings. The number of rotatable bonds is 3. The largest absolute Gasteiger partial charge is 0.457 e. The standard InChI is InChI=1S/C15H15N3O/c16-15(17)14-9-13(6-7-18-14)19-12-5-4-10-2-1-3-11(10)8-12/h4-9H,1-3H2,(H3,16,17). The Morgan fingerprint density at radius 2 is 1.89 bits per heavy atom. The number of fused-ring (bicyclic) bond motifs is 1. The van der Waals surface area contributed by atoms with Crippen LogP contribution in [0.1, 0.15) is 23.2 Å². The number of aryl methyl sites for hydroxylation is 2. The van der Waals surface area contributed by atoms with Gasteiger partial charge in [0.2, 0.25) is 0 Å². The van der Waals surface area contributed by atoms with Gasteiger partial charge in [0, 0.05) is 12.3 Å². The van der Waals surface area contributed by atoms with Gasteiger partial charge in [0.15, 0.2) is 0 Å². The number of nitrogens with one attached hydrogen (secondary N) is 1. The SMILES string of the molecule is N=C(N)c1cc(Oc2ccc3c(c2)CCC3)ccn1. The Kier molecular flexibility index (Phi) is 2.91. The van der Waals surface area contributed by atoms with Gasteiger partial charge in [0.05, 0.1) is 0 Å². The zero-order valence-electron chi connectivity index (χ0n) is 10.5. The van der Waals surface area contributed by atoms with E-state index in [0.717, 1.165) is 12.2 Å². The van der Waals surface area contributed by atoms with Crippen molar-refractivity contribution in [3.63, 3.8) is 0 Å². The molecule has 3 N–H and O–H groups in total. The fourth-order valence-electron chi connectivity index (χ4n) is 2.37. The van der Waals surface area contributed by atoms with Gasteiger partial charge < -0.3 is 10.5 Å². The number of hydrogen-bond acceptors (Lipinski definition) is 3. The fraction of sp³-hybridized carbons (Fsp3) is 0.200. The van der Waals surface area contributed by atoms with Crippen LogP contribution in [0.5, 0.6) is 11.5 Å². The summed E-state index contributed by atoms with van der Waals surface area (Å²) in [6.07, 6.45) is 5.11. The first-order chi connectivity index (χ1) is 9.22. The van der Waals surface area contributed by atoms with E-state index in [-0.39, 0.29) is 5.84 Å². The summed E-state index contributed by atoms with van der Waals surface area (Å²) >= 11 is 0. The van der Waals surface area contributed by atoms with Crippen molar-refractivity contribution in [1.82, 2.24) is 4.98 Å². The maximum atomic E-state index is 7.37. The summed E-state index contributed by atoms with van der Waals surface area (Å²) in [6.45, 7) is 0. The summed E-state index contributed by atoms with van der Waals surface area (Å²) in [5, 5.41) is 7.37. The minimum atomic E-state index is -0.0561. The predicted molar refractivity (Wildman–Crippen MR) is 73.8 cm³/mol. The second-order valence-corrected chi connectivity index (χ2v) is 4.68. The van der Waals surface area contributed by atoms with Crippen molar-refractivity contribution in [3.05, 3.63) is 53.3 Å². The summed E-state index contributed by atoms with van der Waals surface area (Å²) in [5.41, 5.74) is 8.64. The average molecular weight is 253 g/mol. The van der Waals surface area contributed by atoms with Gasteiger partial charge in [-0.2, -0.15) is 0 Å². The molecule has 0 unspecified atom stereocenters. The molecule has 0 aliphatic heterocycles. The molecule has 0 atom stereocenters. The zero-order chi connectivity index (χ0) is 13.2. The van der Waals surface area contributed by atoms with Crippen molar-refractivity contribution in [1.29, 1.82) is 5.41 Å². The third kappa shape index (κ3) is 2.42. The smallest absolute Gasteiger partial charge is 0.141 e. The highest BCUT2D eigenvalue weighted by Gasteiger charge is 2.11. The number of ether oxygens (including phenoxy) is 1. The van der Waals surface area contributed by atoms with Crippen molar-refractivity contribution in [3.8, 4) is 11.5 Å². The van der Waals surface area contributed by atoms with E-state index in [1.54, 1.807) is 18.3 Å². The number of pyridine rings is 1. The monoisotopic (exact) mass is 253 g/mol. The Morgan fingerprint density at radius 3 is 2.74 bits per heavy atom. The molecular weight excluding hydrogens is 238 g/mol. The van der Waals surface area contributed by atoms with Crippen LogP contribution in [-0.2, 0) is 12.8 Å². The summed E-state index contributed by atoms with van der Waals surface area (Å²) < 4.78 is 5.80. The Morgan fingerprint density at radius 1 is 1.11 bits per heavy atom. The van der Waals surface area contributed by atoms with Crippen LogP contribution in [0, 0.1) is 5.41 Å². The second kappa shape index (κ2) is 4.72. The van der Waals surface area contributed by atoms with Gasteiger partial charge in [-0.25, -0.2) is 0 Å². The summed E-state index contributed by atoms with van der Waals surface area (Å²) in [7, 11) is 0. The molecule has 1 aromatic heterocycles. The van der Waals surface area contributed by atoms with Crippen molar-refractivity contribution in [2.75, 3.05) is 0 Å². The van der Waals surface area contributed by atoms with Crippen LogP contribution in [0.15, 0.2) is 36.5 Å². The van der Waals surface area contributed by atoms with Crippen molar-refractivity contribution >= 4 is 5.84 Å². The van der Waals surface area contributed by atoms with E-state index in [2.05, 4.69) is 17.1 Å². The minimum Gasteiger partial charge on any atom is -0.457 e. The molecule has 0 radical (unpaired) electrons. The number of benzene rings is 1. The number of hydrogen-bond donors (Lipinski definition) is 2. The summed E-state index contributed by atoms with van der Waals surface area (Å²) in [5.74, 6) is 1.42. The molecule has 96 valence electrons. The van der Waals surface area contributed by atoms with Crippen LogP contribution in [0.4, 0.5) is 0 Å². The zero-order valence-corrected chi connectivity index (χ0v) is 10.5. The second-order valence-electron chi connectivity index (χ2n) is 4.68. The first-order valence-corrected chi connectivity index (χ1v) is 6.32. The summed E-state index contributed by atoms with van der Waals surface area (Å²) in [6, 6.07) is 9.65. The van der Waals surface area contributed by atoms with E-state index in [1.807, 2.05) is 6.07 Å². The van der Waals surface area contributed by atoms with E-state index in [4.69, 9.17) is 15.9 Å². The minimum absolute atomic E-state index is 0.0561. The van der Waals surface area contributed by atoms with Gasteiger partial charge in [0.1, 0.15) is 23.0 Å². The van der Waals surface area contributed by atoms with E-state index < -0.39 is 0 Å². The molecule has 0 bridgehead atoms. The Labute approximate surface area is 111 Å². The van der Waals surface area contributed by atoms with Crippen molar-refractivity contribution in [2.24, 2.45) is 5.73 Å². The van der Waals surface area contributed by atoms with Gasteiger partial charge in [-0.15, -0.1) is 0 Å². The van der Waals surface area contributed by atoms with E-state index in [9.17, 15) is 0 Å². The quantitative estimate of drug-likeness (QED) is 0.652. The molecule has 4 heteroatoms. The third-order valence-electron chi connectivity index (χ3n) is 3.31. The van der Waals surface area contributed by atoms with Gasteiger partial charge in [-0.3, -0.25) is 10.4 Å². The molecule has 0 saturated carbocycles. The lowest BCUT2D eigenvalue weighted by Gasteiger charge is -2.08. The van der Waals surface area contributed by atoms with Crippen LogP contribution < -0.4 is 10.5 Å². The Balaban J connectivity index is 1.85. The molecule has 19 heavy (non-hydrogen) atoms. The molecule has 0 spiro atoms. The van der Waals surface area contributed by atoms with Gasteiger partial charge in [-0.1, -0.05) is 6.07 Å². The van der Waals surface area contributed by atoms with Crippen molar-refractivity contribution < 1.29 is 4.74 Å².